The van der Waals surface area contributed by atoms with E-state index < -0.39 is 5.97 Å². The molecule has 1 aliphatic heterocycles. The molecule has 2 atom stereocenters. The van der Waals surface area contributed by atoms with E-state index in [1.807, 2.05) is 13.1 Å². The monoisotopic (exact) mass is 323 g/mol. The summed E-state index contributed by atoms with van der Waals surface area (Å²) in [5.41, 5.74) is 2.75. The van der Waals surface area contributed by atoms with Crippen molar-refractivity contribution < 1.29 is 9.90 Å². The maximum Gasteiger partial charge on any atom is 0.335 e. The SMILES string of the molecule is CN1c2cc(C(=O)O)ccc2C(C2CCCC2)C1Br. The molecule has 102 valence electrons. The number of anilines is 1. The maximum atomic E-state index is 11.1. The fourth-order valence-electron chi connectivity index (χ4n) is 3.58. The smallest absolute Gasteiger partial charge is 0.335 e. The highest BCUT2D eigenvalue weighted by Crippen LogP contribution is 2.50. The van der Waals surface area contributed by atoms with Crippen LogP contribution in [-0.2, 0) is 0 Å². The van der Waals surface area contributed by atoms with Crippen molar-refractivity contribution >= 4 is 27.6 Å². The molecule has 2 aliphatic rings. The summed E-state index contributed by atoms with van der Waals surface area (Å²) in [5.74, 6) is 0.362. The van der Waals surface area contributed by atoms with E-state index in [2.05, 4.69) is 20.8 Å². The second-order valence-electron chi connectivity index (χ2n) is 5.63. The average Bonchev–Trinajstić information content (AvgIpc) is 2.98. The zero-order valence-corrected chi connectivity index (χ0v) is 12.6. The van der Waals surface area contributed by atoms with Gasteiger partial charge in [-0.15, -0.1) is 0 Å². The highest BCUT2D eigenvalue weighted by molar-refractivity contribution is 9.09. The summed E-state index contributed by atoms with van der Waals surface area (Å²) in [7, 11) is 2.04. The van der Waals surface area contributed by atoms with Crippen LogP contribution in [0.3, 0.4) is 0 Å². The Labute approximate surface area is 121 Å². The standard InChI is InChI=1S/C15H18BrNO2/c1-17-12-8-10(15(18)19)6-7-11(12)13(14(17)16)9-4-2-3-5-9/h6-9,13-14H,2-5H2,1H3,(H,18,19). The number of nitrogens with zero attached hydrogens (tertiary/aromatic N) is 1. The van der Waals surface area contributed by atoms with Crippen LogP contribution in [0.4, 0.5) is 5.69 Å². The number of carboxylic acid groups (broad SMARTS) is 1. The van der Waals surface area contributed by atoms with Crippen LogP contribution >= 0.6 is 15.9 Å². The molecule has 1 saturated carbocycles. The molecule has 19 heavy (non-hydrogen) atoms. The second kappa shape index (κ2) is 4.82. The summed E-state index contributed by atoms with van der Waals surface area (Å²) < 4.78 is 0. The molecule has 1 heterocycles. The molecule has 0 saturated heterocycles. The Morgan fingerprint density at radius 2 is 2.05 bits per heavy atom. The van der Waals surface area contributed by atoms with Gasteiger partial charge in [0.05, 0.1) is 10.5 Å². The van der Waals surface area contributed by atoms with Crippen molar-refractivity contribution in [2.24, 2.45) is 5.92 Å². The van der Waals surface area contributed by atoms with E-state index in [0.29, 0.717) is 11.5 Å². The first-order valence-electron chi connectivity index (χ1n) is 6.83. The average molecular weight is 324 g/mol. The summed E-state index contributed by atoms with van der Waals surface area (Å²) in [4.78, 5) is 13.6. The number of aromatic carboxylic acids is 1. The van der Waals surface area contributed by atoms with Gasteiger partial charge in [0, 0.05) is 18.7 Å². The van der Waals surface area contributed by atoms with Gasteiger partial charge in [-0.25, -0.2) is 4.79 Å². The number of fused-ring (bicyclic) bond motifs is 1. The topological polar surface area (TPSA) is 40.5 Å². The lowest BCUT2D eigenvalue weighted by atomic mass is 9.86. The Balaban J connectivity index is 2.01. The molecule has 0 spiro atoms. The van der Waals surface area contributed by atoms with Gasteiger partial charge in [0.2, 0.25) is 0 Å². The van der Waals surface area contributed by atoms with Crippen LogP contribution in [-0.4, -0.2) is 23.1 Å². The van der Waals surface area contributed by atoms with Gasteiger partial charge in [-0.3, -0.25) is 0 Å². The molecule has 0 aromatic heterocycles. The first kappa shape index (κ1) is 13.0. The van der Waals surface area contributed by atoms with Crippen molar-refractivity contribution in [3.05, 3.63) is 29.3 Å². The number of alkyl halides is 1. The Morgan fingerprint density at radius 3 is 2.68 bits per heavy atom. The van der Waals surface area contributed by atoms with E-state index in [9.17, 15) is 4.79 Å². The van der Waals surface area contributed by atoms with E-state index in [4.69, 9.17) is 5.11 Å². The largest absolute Gasteiger partial charge is 0.478 e. The zero-order chi connectivity index (χ0) is 13.6. The van der Waals surface area contributed by atoms with Crippen molar-refractivity contribution in [2.75, 3.05) is 11.9 Å². The fraction of sp³-hybridized carbons (Fsp3) is 0.533. The van der Waals surface area contributed by atoms with Gasteiger partial charge < -0.3 is 10.0 Å². The highest BCUT2D eigenvalue weighted by Gasteiger charge is 2.40. The Hall–Kier alpha value is -1.03. The number of hydrogen-bond donors (Lipinski definition) is 1. The van der Waals surface area contributed by atoms with Crippen molar-refractivity contribution in [3.8, 4) is 0 Å². The molecule has 0 radical (unpaired) electrons. The summed E-state index contributed by atoms with van der Waals surface area (Å²) in [6.07, 6.45) is 5.24. The molecule has 3 nitrogen and oxygen atoms in total. The van der Waals surface area contributed by atoms with Gasteiger partial charge >= 0.3 is 5.97 Å². The molecule has 1 N–H and O–H groups in total. The maximum absolute atomic E-state index is 11.1. The molecular formula is C15H18BrNO2. The predicted molar refractivity (Wildman–Crippen MR) is 79.2 cm³/mol. The summed E-state index contributed by atoms with van der Waals surface area (Å²) >= 11 is 3.80. The Morgan fingerprint density at radius 1 is 1.37 bits per heavy atom. The number of hydrogen-bond acceptors (Lipinski definition) is 2. The third kappa shape index (κ3) is 2.06. The van der Waals surface area contributed by atoms with E-state index in [1.165, 1.54) is 31.2 Å². The fourth-order valence-corrected chi connectivity index (χ4v) is 4.52. The van der Waals surface area contributed by atoms with Crippen molar-refractivity contribution in [2.45, 2.75) is 36.6 Å². The third-order valence-electron chi connectivity index (χ3n) is 4.59. The number of likely N-dealkylation sites (N-methyl/N-ethyl adjacent to an activating group) is 1. The van der Waals surface area contributed by atoms with Crippen LogP contribution in [0.1, 0.15) is 47.5 Å². The number of carboxylic acids is 1. The van der Waals surface area contributed by atoms with Crippen LogP contribution in [0.2, 0.25) is 0 Å². The third-order valence-corrected chi connectivity index (χ3v) is 5.77. The summed E-state index contributed by atoms with van der Waals surface area (Å²) in [6, 6.07) is 5.56. The molecule has 0 amide bonds. The van der Waals surface area contributed by atoms with E-state index >= 15 is 0 Å². The normalized spacial score (nSPS) is 26.7. The minimum absolute atomic E-state index is 0.287. The lowest BCUT2D eigenvalue weighted by molar-refractivity contribution is 0.0697. The Bertz CT molecular complexity index is 511. The van der Waals surface area contributed by atoms with E-state index in [0.717, 1.165) is 11.6 Å². The van der Waals surface area contributed by atoms with Gasteiger partial charge in [-0.2, -0.15) is 0 Å². The quantitative estimate of drug-likeness (QED) is 0.664. The summed E-state index contributed by atoms with van der Waals surface area (Å²) in [5, 5.41) is 9.12. The van der Waals surface area contributed by atoms with Crippen molar-refractivity contribution in [3.63, 3.8) is 0 Å². The number of rotatable bonds is 2. The van der Waals surface area contributed by atoms with Gasteiger partial charge in [0.1, 0.15) is 0 Å². The first-order valence-corrected chi connectivity index (χ1v) is 7.75. The number of benzene rings is 1. The molecule has 1 aromatic carbocycles. The van der Waals surface area contributed by atoms with Crippen LogP contribution in [0.15, 0.2) is 18.2 Å². The van der Waals surface area contributed by atoms with Gasteiger partial charge in [0.25, 0.3) is 0 Å². The molecule has 4 heteroatoms. The highest BCUT2D eigenvalue weighted by atomic mass is 79.9. The minimum atomic E-state index is -0.855. The van der Waals surface area contributed by atoms with Gasteiger partial charge in [-0.05, 0) is 36.5 Å². The number of halogens is 1. The molecule has 3 rings (SSSR count). The zero-order valence-electron chi connectivity index (χ0n) is 11.0. The van der Waals surface area contributed by atoms with Gasteiger partial charge in [-0.1, -0.05) is 34.8 Å². The predicted octanol–water partition coefficient (Wildman–Crippen LogP) is 3.83. The first-order chi connectivity index (χ1) is 9.09. The van der Waals surface area contributed by atoms with Crippen LogP contribution in [0, 0.1) is 5.92 Å². The van der Waals surface area contributed by atoms with Gasteiger partial charge in [0.15, 0.2) is 0 Å². The number of carbonyl (C=O) groups is 1. The minimum Gasteiger partial charge on any atom is -0.478 e. The molecule has 0 bridgehead atoms. The molecule has 1 fully saturated rings. The van der Waals surface area contributed by atoms with E-state index in [-0.39, 0.29) is 4.95 Å². The van der Waals surface area contributed by atoms with Crippen molar-refractivity contribution in [1.29, 1.82) is 0 Å². The van der Waals surface area contributed by atoms with E-state index in [1.54, 1.807) is 12.1 Å². The molecule has 2 unspecified atom stereocenters. The Kier molecular flexibility index (Phi) is 3.29. The summed E-state index contributed by atoms with van der Waals surface area (Å²) in [6.45, 7) is 0. The lowest BCUT2D eigenvalue weighted by Gasteiger charge is -2.25. The molecule has 1 aliphatic carbocycles. The van der Waals surface area contributed by atoms with Crippen LogP contribution < -0.4 is 4.90 Å². The lowest BCUT2D eigenvalue weighted by Crippen LogP contribution is -2.27. The van der Waals surface area contributed by atoms with Crippen molar-refractivity contribution in [1.82, 2.24) is 0 Å². The molecular weight excluding hydrogens is 306 g/mol. The molecule has 1 aromatic rings. The van der Waals surface area contributed by atoms with Crippen LogP contribution in [0.25, 0.3) is 0 Å². The second-order valence-corrected chi connectivity index (χ2v) is 6.57. The van der Waals surface area contributed by atoms with Crippen LogP contribution in [0.5, 0.6) is 0 Å².